The van der Waals surface area contributed by atoms with Crippen molar-refractivity contribution in [2.45, 2.75) is 6.10 Å². The van der Waals surface area contributed by atoms with Gasteiger partial charge >= 0.3 is 0 Å². The molecule has 1 aromatic carbocycles. The van der Waals surface area contributed by atoms with Crippen molar-refractivity contribution in [2.24, 2.45) is 0 Å². The fourth-order valence-electron chi connectivity index (χ4n) is 1.50. The number of ether oxygens (including phenoxy) is 2. The van der Waals surface area contributed by atoms with E-state index < -0.39 is 0 Å². The van der Waals surface area contributed by atoms with Gasteiger partial charge in [0, 0.05) is 11.6 Å². The van der Waals surface area contributed by atoms with E-state index in [1.165, 1.54) is 0 Å². The molecule has 3 nitrogen and oxygen atoms in total. The molecule has 1 aliphatic heterocycles. The molecule has 3 rings (SSSR count). The van der Waals surface area contributed by atoms with Crippen molar-refractivity contribution in [2.75, 3.05) is 13.2 Å². The van der Waals surface area contributed by atoms with Crippen LogP contribution in [0.2, 0.25) is 0 Å². The number of benzene rings is 1. The highest BCUT2D eigenvalue weighted by atomic mass is 16.6. The first kappa shape index (κ1) is 8.68. The molecule has 1 unspecified atom stereocenters. The van der Waals surface area contributed by atoms with Gasteiger partial charge in [-0.05, 0) is 24.3 Å². The monoisotopic (exact) mass is 201 g/mol. The molecule has 0 radical (unpaired) electrons. The second-order valence-corrected chi connectivity index (χ2v) is 3.62. The fraction of sp³-hybridized carbons (Fsp3) is 0.250. The molecule has 0 aliphatic carbocycles. The quantitative estimate of drug-likeness (QED) is 0.712. The van der Waals surface area contributed by atoms with Gasteiger partial charge in [-0.2, -0.15) is 0 Å². The van der Waals surface area contributed by atoms with E-state index in [1.54, 1.807) is 6.20 Å². The van der Waals surface area contributed by atoms with Gasteiger partial charge in [0.2, 0.25) is 0 Å². The molecule has 76 valence electrons. The van der Waals surface area contributed by atoms with Gasteiger partial charge in [0.15, 0.2) is 0 Å². The number of aromatic nitrogens is 1. The van der Waals surface area contributed by atoms with Crippen molar-refractivity contribution in [3.8, 4) is 5.75 Å². The van der Waals surface area contributed by atoms with Gasteiger partial charge in [0.05, 0.1) is 12.1 Å². The Hall–Kier alpha value is -1.61. The highest BCUT2D eigenvalue weighted by molar-refractivity contribution is 5.79. The summed E-state index contributed by atoms with van der Waals surface area (Å²) in [4.78, 5) is 4.25. The topological polar surface area (TPSA) is 34.6 Å². The molecular weight excluding hydrogens is 190 g/mol. The third kappa shape index (κ3) is 1.92. The zero-order valence-corrected chi connectivity index (χ0v) is 8.22. The highest BCUT2D eigenvalue weighted by Gasteiger charge is 2.22. The lowest BCUT2D eigenvalue weighted by atomic mass is 10.2. The Morgan fingerprint density at radius 2 is 2.33 bits per heavy atom. The van der Waals surface area contributed by atoms with Crippen LogP contribution in [0.4, 0.5) is 0 Å². The summed E-state index contributed by atoms with van der Waals surface area (Å²) in [5, 5.41) is 1.10. The van der Waals surface area contributed by atoms with Crippen LogP contribution in [-0.2, 0) is 4.74 Å². The Morgan fingerprint density at radius 1 is 1.40 bits per heavy atom. The third-order valence-electron chi connectivity index (χ3n) is 2.41. The lowest BCUT2D eigenvalue weighted by Crippen LogP contribution is -2.03. The van der Waals surface area contributed by atoms with E-state index in [1.807, 2.05) is 30.3 Å². The third-order valence-corrected chi connectivity index (χ3v) is 2.41. The van der Waals surface area contributed by atoms with Crippen LogP contribution < -0.4 is 4.74 Å². The Bertz CT molecular complexity index is 480. The van der Waals surface area contributed by atoms with Gasteiger partial charge in [0.25, 0.3) is 0 Å². The number of hydrogen-bond donors (Lipinski definition) is 0. The van der Waals surface area contributed by atoms with Gasteiger partial charge in [-0.15, -0.1) is 0 Å². The number of pyridine rings is 1. The normalized spacial score (nSPS) is 19.1. The molecule has 2 aromatic rings. The van der Waals surface area contributed by atoms with Gasteiger partial charge in [-0.3, -0.25) is 4.98 Å². The van der Waals surface area contributed by atoms with E-state index in [9.17, 15) is 0 Å². The van der Waals surface area contributed by atoms with E-state index in [2.05, 4.69) is 4.98 Å². The number of epoxide rings is 1. The molecule has 3 heteroatoms. The smallest absolute Gasteiger partial charge is 0.120 e. The minimum atomic E-state index is 0.301. The minimum absolute atomic E-state index is 0.301. The van der Waals surface area contributed by atoms with Crippen LogP contribution in [0.3, 0.4) is 0 Å². The molecule has 0 N–H and O–H groups in total. The Labute approximate surface area is 87.6 Å². The maximum absolute atomic E-state index is 5.59. The Morgan fingerprint density at radius 3 is 3.20 bits per heavy atom. The lowest BCUT2D eigenvalue weighted by molar-refractivity contribution is 0.263. The summed E-state index contributed by atoms with van der Waals surface area (Å²) in [6.45, 7) is 1.47. The average Bonchev–Trinajstić information content (AvgIpc) is 3.10. The molecule has 0 saturated carbocycles. The zero-order valence-electron chi connectivity index (χ0n) is 8.22. The number of nitrogens with zero attached hydrogens (tertiary/aromatic N) is 1. The first-order valence-corrected chi connectivity index (χ1v) is 5.01. The van der Waals surface area contributed by atoms with E-state index in [4.69, 9.17) is 9.47 Å². The molecule has 2 heterocycles. The van der Waals surface area contributed by atoms with Crippen molar-refractivity contribution >= 4 is 10.9 Å². The van der Waals surface area contributed by atoms with Gasteiger partial charge in [0.1, 0.15) is 18.5 Å². The maximum atomic E-state index is 5.59. The number of hydrogen-bond acceptors (Lipinski definition) is 3. The van der Waals surface area contributed by atoms with E-state index in [0.717, 1.165) is 23.3 Å². The molecule has 0 bridgehead atoms. The van der Waals surface area contributed by atoms with Gasteiger partial charge in [-0.25, -0.2) is 0 Å². The molecule has 1 saturated heterocycles. The summed E-state index contributed by atoms with van der Waals surface area (Å²) in [7, 11) is 0. The van der Waals surface area contributed by atoms with Crippen LogP contribution in [0.1, 0.15) is 0 Å². The van der Waals surface area contributed by atoms with Gasteiger partial charge < -0.3 is 9.47 Å². The largest absolute Gasteiger partial charge is 0.491 e. The maximum Gasteiger partial charge on any atom is 0.120 e. The molecule has 1 aromatic heterocycles. The SMILES string of the molecule is c1cnc2ccc(OCC3CO3)cc2c1. The molecular formula is C12H11NO2. The summed E-state index contributed by atoms with van der Waals surface area (Å²) < 4.78 is 10.7. The summed E-state index contributed by atoms with van der Waals surface area (Å²) >= 11 is 0. The molecule has 0 spiro atoms. The molecule has 0 amide bonds. The van der Waals surface area contributed by atoms with Crippen LogP contribution in [0.15, 0.2) is 36.5 Å². The van der Waals surface area contributed by atoms with Crippen LogP contribution in [0.25, 0.3) is 10.9 Å². The molecule has 1 aliphatic rings. The Balaban J connectivity index is 1.84. The van der Waals surface area contributed by atoms with Crippen molar-refractivity contribution in [1.29, 1.82) is 0 Å². The average molecular weight is 201 g/mol. The lowest BCUT2D eigenvalue weighted by Gasteiger charge is -2.04. The van der Waals surface area contributed by atoms with E-state index >= 15 is 0 Å². The second kappa shape index (κ2) is 3.51. The van der Waals surface area contributed by atoms with Crippen molar-refractivity contribution < 1.29 is 9.47 Å². The summed E-state index contributed by atoms with van der Waals surface area (Å²) in [6.07, 6.45) is 2.09. The van der Waals surface area contributed by atoms with Crippen molar-refractivity contribution in [3.63, 3.8) is 0 Å². The zero-order chi connectivity index (χ0) is 10.1. The van der Waals surface area contributed by atoms with E-state index in [-0.39, 0.29) is 0 Å². The number of rotatable bonds is 3. The van der Waals surface area contributed by atoms with Crippen LogP contribution in [0.5, 0.6) is 5.75 Å². The predicted octanol–water partition coefficient (Wildman–Crippen LogP) is 2.01. The van der Waals surface area contributed by atoms with Crippen molar-refractivity contribution in [3.05, 3.63) is 36.5 Å². The molecule has 1 fully saturated rings. The van der Waals surface area contributed by atoms with Crippen LogP contribution in [0, 0.1) is 0 Å². The summed E-state index contributed by atoms with van der Waals surface area (Å²) in [6, 6.07) is 9.87. The summed E-state index contributed by atoms with van der Waals surface area (Å²) in [5.74, 6) is 0.881. The predicted molar refractivity (Wildman–Crippen MR) is 57.0 cm³/mol. The summed E-state index contributed by atoms with van der Waals surface area (Å²) in [5.41, 5.74) is 0.993. The second-order valence-electron chi connectivity index (χ2n) is 3.62. The molecule has 15 heavy (non-hydrogen) atoms. The van der Waals surface area contributed by atoms with E-state index in [0.29, 0.717) is 12.7 Å². The highest BCUT2D eigenvalue weighted by Crippen LogP contribution is 2.20. The number of fused-ring (bicyclic) bond motifs is 1. The Kier molecular flexibility index (Phi) is 2.03. The fourth-order valence-corrected chi connectivity index (χ4v) is 1.50. The standard InChI is InChI=1S/C12H11NO2/c1-2-9-6-10(14-7-11-8-15-11)3-4-12(9)13-5-1/h1-6,11H,7-8H2. The van der Waals surface area contributed by atoms with Crippen LogP contribution in [-0.4, -0.2) is 24.3 Å². The van der Waals surface area contributed by atoms with Gasteiger partial charge in [-0.1, -0.05) is 6.07 Å². The molecule has 1 atom stereocenters. The first-order valence-electron chi connectivity index (χ1n) is 5.01. The van der Waals surface area contributed by atoms with Crippen LogP contribution >= 0.6 is 0 Å². The van der Waals surface area contributed by atoms with Crippen molar-refractivity contribution in [1.82, 2.24) is 4.98 Å². The minimum Gasteiger partial charge on any atom is -0.491 e. The first-order chi connectivity index (χ1) is 7.42.